The first-order valence-corrected chi connectivity index (χ1v) is 5.91. The average Bonchev–Trinajstić information content (AvgIpc) is 3.00. The third-order valence-corrected chi connectivity index (χ3v) is 3.26. The average molecular weight is 226 g/mol. The van der Waals surface area contributed by atoms with Crippen LogP contribution in [0.3, 0.4) is 0 Å². The van der Waals surface area contributed by atoms with Gasteiger partial charge in [0.25, 0.3) is 0 Å². The van der Waals surface area contributed by atoms with Gasteiger partial charge in [-0.05, 0) is 25.7 Å². The van der Waals surface area contributed by atoms with Crippen LogP contribution in [0.15, 0.2) is 0 Å². The molecule has 0 spiro atoms. The van der Waals surface area contributed by atoms with Gasteiger partial charge in [0.1, 0.15) is 0 Å². The van der Waals surface area contributed by atoms with Gasteiger partial charge in [0, 0.05) is 25.0 Å². The summed E-state index contributed by atoms with van der Waals surface area (Å²) in [5, 5.41) is 11.7. The highest BCUT2D eigenvalue weighted by molar-refractivity contribution is 5.77. The number of carbonyl (C=O) groups excluding carboxylic acids is 1. The van der Waals surface area contributed by atoms with Gasteiger partial charge in [-0.2, -0.15) is 0 Å². The molecule has 16 heavy (non-hydrogen) atoms. The molecule has 5 heteroatoms. The van der Waals surface area contributed by atoms with Crippen molar-refractivity contribution in [2.75, 3.05) is 13.1 Å². The zero-order valence-corrected chi connectivity index (χ0v) is 9.32. The van der Waals surface area contributed by atoms with Crippen molar-refractivity contribution in [2.24, 2.45) is 0 Å². The second-order valence-electron chi connectivity index (χ2n) is 4.65. The fourth-order valence-corrected chi connectivity index (χ4v) is 2.36. The molecule has 0 aromatic heterocycles. The molecule has 2 fully saturated rings. The predicted octanol–water partition coefficient (Wildman–Crippen LogP) is 0.204. The molecule has 90 valence electrons. The molecule has 1 aliphatic carbocycles. The third kappa shape index (κ3) is 2.95. The van der Waals surface area contributed by atoms with Crippen molar-refractivity contribution in [3.8, 4) is 0 Å². The lowest BCUT2D eigenvalue weighted by atomic mass is 10.1. The van der Waals surface area contributed by atoms with E-state index in [-0.39, 0.29) is 18.5 Å². The van der Waals surface area contributed by atoms with Gasteiger partial charge in [-0.25, -0.2) is 0 Å². The van der Waals surface area contributed by atoms with Crippen LogP contribution in [0.25, 0.3) is 0 Å². The summed E-state index contributed by atoms with van der Waals surface area (Å²) >= 11 is 0. The maximum absolute atomic E-state index is 11.4. The van der Waals surface area contributed by atoms with Gasteiger partial charge in [-0.15, -0.1) is 0 Å². The van der Waals surface area contributed by atoms with Gasteiger partial charge < -0.3 is 10.4 Å². The molecular weight excluding hydrogens is 208 g/mol. The topological polar surface area (TPSA) is 69.6 Å². The second kappa shape index (κ2) is 4.82. The summed E-state index contributed by atoms with van der Waals surface area (Å²) in [6.45, 7) is 0.795. The van der Waals surface area contributed by atoms with Crippen LogP contribution in [0.4, 0.5) is 0 Å². The number of aliphatic carboxylic acids is 1. The SMILES string of the molecule is O=C(O)CN(C1CC1)C1CCCNC(=O)C1. The first kappa shape index (κ1) is 11.4. The number of carbonyl (C=O) groups is 2. The largest absolute Gasteiger partial charge is 0.480 e. The van der Waals surface area contributed by atoms with Crippen LogP contribution in [0, 0.1) is 0 Å². The first-order chi connectivity index (χ1) is 7.66. The van der Waals surface area contributed by atoms with E-state index >= 15 is 0 Å². The maximum atomic E-state index is 11.4. The highest BCUT2D eigenvalue weighted by Gasteiger charge is 2.36. The Balaban J connectivity index is 1.99. The monoisotopic (exact) mass is 226 g/mol. The predicted molar refractivity (Wildman–Crippen MR) is 58.0 cm³/mol. The van der Waals surface area contributed by atoms with Crippen LogP contribution in [0.5, 0.6) is 0 Å². The van der Waals surface area contributed by atoms with Crippen LogP contribution < -0.4 is 5.32 Å². The molecular formula is C11H18N2O3. The van der Waals surface area contributed by atoms with E-state index in [4.69, 9.17) is 5.11 Å². The van der Waals surface area contributed by atoms with Crippen molar-refractivity contribution in [3.05, 3.63) is 0 Å². The summed E-state index contributed by atoms with van der Waals surface area (Å²) in [6.07, 6.45) is 4.46. The summed E-state index contributed by atoms with van der Waals surface area (Å²) in [7, 11) is 0. The van der Waals surface area contributed by atoms with E-state index in [0.29, 0.717) is 12.5 Å². The minimum absolute atomic E-state index is 0.0542. The van der Waals surface area contributed by atoms with E-state index in [2.05, 4.69) is 5.32 Å². The van der Waals surface area contributed by atoms with Crippen molar-refractivity contribution in [2.45, 2.75) is 44.2 Å². The molecule has 1 saturated carbocycles. The highest BCUT2D eigenvalue weighted by atomic mass is 16.4. The van der Waals surface area contributed by atoms with E-state index in [0.717, 1.165) is 32.2 Å². The Kier molecular flexibility index (Phi) is 3.43. The van der Waals surface area contributed by atoms with E-state index in [1.165, 1.54) is 0 Å². The molecule has 0 bridgehead atoms. The van der Waals surface area contributed by atoms with Gasteiger partial charge in [-0.3, -0.25) is 14.5 Å². The number of carboxylic acids is 1. The first-order valence-electron chi connectivity index (χ1n) is 5.91. The fraction of sp³-hybridized carbons (Fsp3) is 0.818. The van der Waals surface area contributed by atoms with Gasteiger partial charge in [0.2, 0.25) is 5.91 Å². The summed E-state index contributed by atoms with van der Waals surface area (Å²) in [5.41, 5.74) is 0. The quantitative estimate of drug-likeness (QED) is 0.718. The van der Waals surface area contributed by atoms with Gasteiger partial charge in [-0.1, -0.05) is 0 Å². The molecule has 0 radical (unpaired) electrons. The van der Waals surface area contributed by atoms with Crippen molar-refractivity contribution >= 4 is 11.9 Å². The number of nitrogens with zero attached hydrogens (tertiary/aromatic N) is 1. The molecule has 0 aromatic rings. The molecule has 5 nitrogen and oxygen atoms in total. The number of hydrogen-bond acceptors (Lipinski definition) is 3. The molecule has 1 atom stereocenters. The number of rotatable bonds is 4. The van der Waals surface area contributed by atoms with E-state index in [1.807, 2.05) is 4.90 Å². The number of hydrogen-bond donors (Lipinski definition) is 2. The smallest absolute Gasteiger partial charge is 0.317 e. The van der Waals surface area contributed by atoms with Crippen molar-refractivity contribution in [1.82, 2.24) is 10.2 Å². The molecule has 1 saturated heterocycles. The minimum atomic E-state index is -0.795. The molecule has 0 aromatic carbocycles. The normalized spacial score (nSPS) is 26.3. The molecule has 2 aliphatic rings. The molecule has 1 heterocycles. The Labute approximate surface area is 94.8 Å². The van der Waals surface area contributed by atoms with Gasteiger partial charge in [0.15, 0.2) is 0 Å². The highest BCUT2D eigenvalue weighted by Crippen LogP contribution is 2.31. The summed E-state index contributed by atoms with van der Waals surface area (Å²) in [4.78, 5) is 24.3. The van der Waals surface area contributed by atoms with E-state index < -0.39 is 5.97 Å². The Morgan fingerprint density at radius 1 is 1.38 bits per heavy atom. The van der Waals surface area contributed by atoms with Crippen molar-refractivity contribution < 1.29 is 14.7 Å². The van der Waals surface area contributed by atoms with E-state index in [9.17, 15) is 9.59 Å². The second-order valence-corrected chi connectivity index (χ2v) is 4.65. The van der Waals surface area contributed by atoms with Gasteiger partial charge >= 0.3 is 5.97 Å². The summed E-state index contributed by atoms with van der Waals surface area (Å²) in [6, 6.07) is 0.512. The number of carboxylic acid groups (broad SMARTS) is 1. The van der Waals surface area contributed by atoms with Crippen LogP contribution in [0.1, 0.15) is 32.1 Å². The lowest BCUT2D eigenvalue weighted by molar-refractivity contribution is -0.139. The Bertz CT molecular complexity index is 289. The Morgan fingerprint density at radius 2 is 2.12 bits per heavy atom. The lowest BCUT2D eigenvalue weighted by Gasteiger charge is -2.28. The molecule has 2 N–H and O–H groups in total. The number of nitrogens with one attached hydrogen (secondary N) is 1. The van der Waals surface area contributed by atoms with Gasteiger partial charge in [0.05, 0.1) is 6.54 Å². The standard InChI is InChI=1S/C11H18N2O3/c14-10-6-9(2-1-5-12-10)13(7-11(15)16)8-3-4-8/h8-9H,1-7H2,(H,12,14)(H,15,16). The Morgan fingerprint density at radius 3 is 2.75 bits per heavy atom. The van der Waals surface area contributed by atoms with Crippen LogP contribution >= 0.6 is 0 Å². The molecule has 2 rings (SSSR count). The third-order valence-electron chi connectivity index (χ3n) is 3.26. The molecule has 1 unspecified atom stereocenters. The van der Waals surface area contributed by atoms with Crippen molar-refractivity contribution in [1.29, 1.82) is 0 Å². The zero-order chi connectivity index (χ0) is 11.5. The number of amides is 1. The fourth-order valence-electron chi connectivity index (χ4n) is 2.36. The lowest BCUT2D eigenvalue weighted by Crippen LogP contribution is -2.42. The Hall–Kier alpha value is -1.10. The van der Waals surface area contributed by atoms with Crippen LogP contribution in [-0.2, 0) is 9.59 Å². The summed E-state index contributed by atoms with van der Waals surface area (Å²) in [5.74, 6) is -0.741. The van der Waals surface area contributed by atoms with Crippen LogP contribution in [-0.4, -0.2) is 47.1 Å². The molecule has 1 aliphatic heterocycles. The minimum Gasteiger partial charge on any atom is -0.480 e. The zero-order valence-electron chi connectivity index (χ0n) is 9.32. The summed E-state index contributed by atoms with van der Waals surface area (Å²) < 4.78 is 0. The van der Waals surface area contributed by atoms with E-state index in [1.54, 1.807) is 0 Å². The van der Waals surface area contributed by atoms with Crippen molar-refractivity contribution in [3.63, 3.8) is 0 Å². The maximum Gasteiger partial charge on any atom is 0.317 e. The van der Waals surface area contributed by atoms with Crippen LogP contribution in [0.2, 0.25) is 0 Å². The molecule has 1 amide bonds.